The van der Waals surface area contributed by atoms with E-state index in [1.54, 1.807) is 0 Å². The first-order valence-electron chi connectivity index (χ1n) is 8.63. The maximum absolute atomic E-state index is 13.5. The number of fused-ring (bicyclic) bond motifs is 1. The molecule has 3 rings (SSSR count). The summed E-state index contributed by atoms with van der Waals surface area (Å²) in [6.45, 7) is 4.35. The van der Waals surface area contributed by atoms with Gasteiger partial charge < -0.3 is 4.42 Å². The van der Waals surface area contributed by atoms with E-state index < -0.39 is 38.6 Å². The molecule has 3 heterocycles. The van der Waals surface area contributed by atoms with Crippen molar-refractivity contribution in [3.8, 4) is 0 Å². The van der Waals surface area contributed by atoms with Gasteiger partial charge in [-0.3, -0.25) is 14.5 Å². The fourth-order valence-electron chi connectivity index (χ4n) is 2.59. The van der Waals surface area contributed by atoms with Gasteiger partial charge in [-0.1, -0.05) is 11.2 Å². The second-order valence-electron chi connectivity index (χ2n) is 6.72. The Morgan fingerprint density at radius 1 is 1.20 bits per heavy atom. The average molecular weight is 446 g/mol. The molecule has 3 aromatic heterocycles. The average Bonchev–Trinajstić information content (AvgIpc) is 3.20. The molecule has 0 unspecified atom stereocenters. The monoisotopic (exact) mass is 446 g/mol. The zero-order chi connectivity index (χ0) is 22.3. The first-order valence-corrected chi connectivity index (χ1v) is 10.3. The van der Waals surface area contributed by atoms with Gasteiger partial charge in [-0.05, 0) is 19.9 Å². The number of halogens is 3. The highest BCUT2D eigenvalue weighted by Crippen LogP contribution is 2.31. The molecule has 0 fully saturated rings. The molecule has 0 saturated carbocycles. The van der Waals surface area contributed by atoms with Crippen LogP contribution in [-0.2, 0) is 33.0 Å². The zero-order valence-electron chi connectivity index (χ0n) is 16.1. The minimum atomic E-state index is -4.79. The van der Waals surface area contributed by atoms with Crippen LogP contribution < -0.4 is 5.32 Å². The number of nitrogens with one attached hydrogen (secondary N) is 1. The molecule has 14 heteroatoms. The Morgan fingerprint density at radius 2 is 1.90 bits per heavy atom. The van der Waals surface area contributed by atoms with Crippen molar-refractivity contribution < 1.29 is 30.8 Å². The summed E-state index contributed by atoms with van der Waals surface area (Å²) in [6.07, 6.45) is -5.17. The second kappa shape index (κ2) is 7.66. The molecule has 0 spiro atoms. The number of rotatable bonds is 6. The van der Waals surface area contributed by atoms with Gasteiger partial charge >= 0.3 is 12.2 Å². The molecule has 162 valence electrons. The molecule has 30 heavy (non-hydrogen) atoms. The normalized spacial score (nSPS) is 12.6. The molecule has 1 amide bonds. The van der Waals surface area contributed by atoms with Gasteiger partial charge in [-0.2, -0.15) is 13.2 Å². The number of anilines is 1. The number of alkyl halides is 3. The molecule has 0 aliphatic rings. The highest BCUT2D eigenvalue weighted by Gasteiger charge is 2.36. The molecule has 1 N–H and O–H groups in total. The van der Waals surface area contributed by atoms with E-state index in [4.69, 9.17) is 4.42 Å². The van der Waals surface area contributed by atoms with E-state index in [1.807, 2.05) is 0 Å². The predicted molar refractivity (Wildman–Crippen MR) is 97.1 cm³/mol. The van der Waals surface area contributed by atoms with E-state index in [0.29, 0.717) is 4.40 Å². The van der Waals surface area contributed by atoms with Gasteiger partial charge in [0.2, 0.25) is 11.8 Å². The first kappa shape index (κ1) is 21.7. The lowest BCUT2D eigenvalue weighted by Crippen LogP contribution is -2.21. The summed E-state index contributed by atoms with van der Waals surface area (Å²) in [4.78, 5) is 12.2. The largest absolute Gasteiger partial charge is 0.431 e. The Bertz CT molecular complexity index is 1200. The van der Waals surface area contributed by atoms with Crippen LogP contribution in [-0.4, -0.2) is 44.4 Å². The van der Waals surface area contributed by atoms with Gasteiger partial charge in [0.1, 0.15) is 11.4 Å². The summed E-state index contributed by atoms with van der Waals surface area (Å²) in [5, 5.41) is 16.0. The van der Waals surface area contributed by atoms with E-state index in [1.165, 1.54) is 20.8 Å². The quantitative estimate of drug-likeness (QED) is 0.608. The smallest absolute Gasteiger partial charge is 0.408 e. The number of nitrogens with zero attached hydrogens (tertiary/aromatic N) is 5. The third-order valence-electron chi connectivity index (χ3n) is 4.16. The maximum atomic E-state index is 13.5. The third-order valence-corrected chi connectivity index (χ3v) is 6.26. The van der Waals surface area contributed by atoms with Crippen LogP contribution in [0.3, 0.4) is 0 Å². The summed E-state index contributed by atoms with van der Waals surface area (Å²) in [5.41, 5.74) is -1.30. The van der Waals surface area contributed by atoms with Gasteiger partial charge in [0, 0.05) is 12.5 Å². The SMILES string of the molecule is Cc1nnc(NC(=O)Cc2ccc(C(F)(F)F)n3c(CS(=O)(=O)C(C)C)nnc23)o1. The highest BCUT2D eigenvalue weighted by atomic mass is 32.2. The van der Waals surface area contributed by atoms with Crippen molar-refractivity contribution in [1.82, 2.24) is 24.8 Å². The van der Waals surface area contributed by atoms with Crippen molar-refractivity contribution in [3.63, 3.8) is 0 Å². The summed E-state index contributed by atoms with van der Waals surface area (Å²) in [7, 11) is -3.75. The number of hydrogen-bond acceptors (Lipinski definition) is 8. The number of aromatic nitrogens is 5. The zero-order valence-corrected chi connectivity index (χ0v) is 16.9. The van der Waals surface area contributed by atoms with Crippen molar-refractivity contribution in [2.45, 2.75) is 44.4 Å². The third kappa shape index (κ3) is 4.42. The Balaban J connectivity index is 2.02. The van der Waals surface area contributed by atoms with E-state index in [-0.39, 0.29) is 35.4 Å². The van der Waals surface area contributed by atoms with Crippen LogP contribution in [0.1, 0.15) is 36.8 Å². The number of pyridine rings is 1. The van der Waals surface area contributed by atoms with Crippen LogP contribution in [0.2, 0.25) is 0 Å². The number of aryl methyl sites for hydroxylation is 1. The van der Waals surface area contributed by atoms with E-state index in [2.05, 4.69) is 25.7 Å². The van der Waals surface area contributed by atoms with Crippen molar-refractivity contribution >= 4 is 27.4 Å². The van der Waals surface area contributed by atoms with Crippen molar-refractivity contribution in [1.29, 1.82) is 0 Å². The van der Waals surface area contributed by atoms with Crippen LogP contribution in [0, 0.1) is 6.92 Å². The molecule has 10 nitrogen and oxygen atoms in total. The molecule has 0 aliphatic carbocycles. The van der Waals surface area contributed by atoms with Crippen LogP contribution in [0.4, 0.5) is 19.2 Å². The Labute approximate surface area is 168 Å². The van der Waals surface area contributed by atoms with Gasteiger partial charge in [0.25, 0.3) is 0 Å². The van der Waals surface area contributed by atoms with Gasteiger partial charge in [-0.25, -0.2) is 8.42 Å². The van der Waals surface area contributed by atoms with Crippen LogP contribution >= 0.6 is 0 Å². The van der Waals surface area contributed by atoms with Crippen LogP contribution in [0.25, 0.3) is 5.65 Å². The fraction of sp³-hybridized carbons (Fsp3) is 0.438. The minimum absolute atomic E-state index is 0.109. The van der Waals surface area contributed by atoms with Gasteiger partial charge in [-0.15, -0.1) is 15.3 Å². The number of sulfone groups is 1. The predicted octanol–water partition coefficient (Wildman–Crippen LogP) is 1.94. The lowest BCUT2D eigenvalue weighted by Gasteiger charge is -2.13. The molecule has 0 aromatic carbocycles. The molecule has 0 saturated heterocycles. The topological polar surface area (TPSA) is 132 Å². The number of carbonyl (C=O) groups is 1. The van der Waals surface area contributed by atoms with Crippen LogP contribution in [0.15, 0.2) is 16.5 Å². The number of carbonyl (C=O) groups excluding carboxylic acids is 1. The van der Waals surface area contributed by atoms with Gasteiger partial charge in [0.05, 0.1) is 11.7 Å². The Kier molecular flexibility index (Phi) is 5.54. The lowest BCUT2D eigenvalue weighted by atomic mass is 10.1. The van der Waals surface area contributed by atoms with E-state index in [9.17, 15) is 26.4 Å². The molecule has 0 aliphatic heterocycles. The molecule has 0 radical (unpaired) electrons. The highest BCUT2D eigenvalue weighted by molar-refractivity contribution is 7.91. The Morgan fingerprint density at radius 3 is 2.47 bits per heavy atom. The molecule has 0 atom stereocenters. The van der Waals surface area contributed by atoms with Crippen molar-refractivity contribution in [2.24, 2.45) is 0 Å². The lowest BCUT2D eigenvalue weighted by molar-refractivity contribution is -0.142. The molecular formula is C16H17F3N6O4S. The van der Waals surface area contributed by atoms with E-state index in [0.717, 1.165) is 12.1 Å². The second-order valence-corrected chi connectivity index (χ2v) is 9.28. The molecular weight excluding hydrogens is 429 g/mol. The minimum Gasteiger partial charge on any atom is -0.408 e. The molecule has 3 aromatic rings. The van der Waals surface area contributed by atoms with Crippen LogP contribution in [0.5, 0.6) is 0 Å². The summed E-state index contributed by atoms with van der Waals surface area (Å²) >= 11 is 0. The summed E-state index contributed by atoms with van der Waals surface area (Å²) in [6, 6.07) is 1.68. The van der Waals surface area contributed by atoms with E-state index >= 15 is 0 Å². The Hall–Kier alpha value is -3.03. The van der Waals surface area contributed by atoms with Gasteiger partial charge in [0.15, 0.2) is 21.3 Å². The summed E-state index contributed by atoms with van der Waals surface area (Å²) in [5.74, 6) is -1.54. The van der Waals surface area contributed by atoms with Crippen molar-refractivity contribution in [3.05, 3.63) is 35.1 Å². The number of hydrogen-bond donors (Lipinski definition) is 1. The molecule has 0 bridgehead atoms. The standard InChI is InChI=1S/C16H17F3N6O4S/c1-8(2)30(27,28)7-12-22-23-14-10(4-5-11(25(12)14)16(17,18)19)6-13(26)20-15-24-21-9(3)29-15/h4-5,8H,6-7H2,1-3H3,(H,20,24,26). The number of amides is 1. The maximum Gasteiger partial charge on any atom is 0.431 e. The van der Waals surface area contributed by atoms with Crippen molar-refractivity contribution in [2.75, 3.05) is 5.32 Å². The summed E-state index contributed by atoms with van der Waals surface area (Å²) < 4.78 is 70.6. The fourth-order valence-corrected chi connectivity index (χ4v) is 3.47. The first-order chi connectivity index (χ1) is 13.9.